The minimum atomic E-state index is -0.894. The fourth-order valence-electron chi connectivity index (χ4n) is 2.73. The first kappa shape index (κ1) is 15.8. The van der Waals surface area contributed by atoms with E-state index in [9.17, 15) is 9.90 Å². The van der Waals surface area contributed by atoms with Crippen LogP contribution in [-0.4, -0.2) is 68.5 Å². The number of ether oxygens (including phenoxy) is 1. The molecule has 0 spiro atoms. The Balaban J connectivity index is 1.92. The second kappa shape index (κ2) is 6.07. The van der Waals surface area contributed by atoms with Gasteiger partial charge in [0.1, 0.15) is 6.33 Å². The molecule has 1 unspecified atom stereocenters. The Kier molecular flexibility index (Phi) is 4.58. The summed E-state index contributed by atoms with van der Waals surface area (Å²) in [5, 5.41) is 21.5. The molecule has 8 heteroatoms. The number of tetrazole rings is 1. The first-order valence-electron chi connectivity index (χ1n) is 7.08. The minimum Gasteiger partial charge on any atom is -0.387 e. The lowest BCUT2D eigenvalue weighted by atomic mass is 9.70. The van der Waals surface area contributed by atoms with Crippen molar-refractivity contribution in [3.8, 4) is 0 Å². The van der Waals surface area contributed by atoms with Gasteiger partial charge in [0.2, 0.25) is 5.91 Å². The highest BCUT2D eigenvalue weighted by Crippen LogP contribution is 2.38. The van der Waals surface area contributed by atoms with Crippen LogP contribution in [0.1, 0.15) is 26.7 Å². The molecule has 0 bridgehead atoms. The zero-order valence-electron chi connectivity index (χ0n) is 12.8. The lowest BCUT2D eigenvalue weighted by Crippen LogP contribution is -2.60. The summed E-state index contributed by atoms with van der Waals surface area (Å²) in [6.07, 6.45) is 2.36. The van der Waals surface area contributed by atoms with Crippen LogP contribution in [0.15, 0.2) is 6.33 Å². The Morgan fingerprint density at radius 1 is 1.48 bits per heavy atom. The van der Waals surface area contributed by atoms with Crippen molar-refractivity contribution in [1.82, 2.24) is 25.1 Å². The molecule has 1 atom stereocenters. The molecule has 1 aliphatic rings. The van der Waals surface area contributed by atoms with Gasteiger partial charge < -0.3 is 14.7 Å². The molecule has 1 aromatic heterocycles. The van der Waals surface area contributed by atoms with Crippen molar-refractivity contribution in [3.63, 3.8) is 0 Å². The first-order valence-corrected chi connectivity index (χ1v) is 7.08. The van der Waals surface area contributed by atoms with Crippen molar-refractivity contribution in [2.45, 2.75) is 38.8 Å². The van der Waals surface area contributed by atoms with Crippen molar-refractivity contribution in [2.75, 3.05) is 26.8 Å². The summed E-state index contributed by atoms with van der Waals surface area (Å²) in [7, 11) is 1.58. The molecule has 118 valence electrons. The van der Waals surface area contributed by atoms with Crippen molar-refractivity contribution in [1.29, 1.82) is 0 Å². The number of hydrogen-bond acceptors (Lipinski definition) is 6. The van der Waals surface area contributed by atoms with Crippen LogP contribution in [0.5, 0.6) is 0 Å². The van der Waals surface area contributed by atoms with Gasteiger partial charge in [0.05, 0.1) is 18.8 Å². The molecule has 2 rings (SSSR count). The largest absolute Gasteiger partial charge is 0.387 e. The minimum absolute atomic E-state index is 0.0537. The van der Waals surface area contributed by atoms with Gasteiger partial charge in [-0.15, -0.1) is 5.10 Å². The molecule has 0 aliphatic carbocycles. The van der Waals surface area contributed by atoms with Crippen LogP contribution in [0, 0.1) is 5.41 Å². The maximum atomic E-state index is 12.3. The van der Waals surface area contributed by atoms with Crippen LogP contribution in [-0.2, 0) is 16.1 Å². The highest BCUT2D eigenvalue weighted by molar-refractivity contribution is 5.76. The second-order valence-electron chi connectivity index (χ2n) is 6.24. The molecular formula is C13H23N5O3. The lowest BCUT2D eigenvalue weighted by Gasteiger charge is -2.50. The summed E-state index contributed by atoms with van der Waals surface area (Å²) >= 11 is 0. The molecule has 0 saturated carbocycles. The van der Waals surface area contributed by atoms with E-state index in [1.54, 1.807) is 12.0 Å². The quantitative estimate of drug-likeness (QED) is 0.802. The Morgan fingerprint density at radius 2 is 2.24 bits per heavy atom. The van der Waals surface area contributed by atoms with Crippen LogP contribution < -0.4 is 0 Å². The number of hydrogen-bond donors (Lipinski definition) is 1. The predicted molar refractivity (Wildman–Crippen MR) is 74.2 cm³/mol. The summed E-state index contributed by atoms with van der Waals surface area (Å²) in [5.74, 6) is 0.0537. The Hall–Kier alpha value is -1.54. The van der Waals surface area contributed by atoms with E-state index in [-0.39, 0.29) is 12.5 Å². The summed E-state index contributed by atoms with van der Waals surface area (Å²) in [6, 6.07) is 0. The van der Waals surface area contributed by atoms with Crippen molar-refractivity contribution in [3.05, 3.63) is 6.33 Å². The number of rotatable bonds is 5. The van der Waals surface area contributed by atoms with Gasteiger partial charge in [0.15, 0.2) is 0 Å². The van der Waals surface area contributed by atoms with Gasteiger partial charge in [0, 0.05) is 32.0 Å². The van der Waals surface area contributed by atoms with E-state index in [1.165, 1.54) is 11.0 Å². The topological polar surface area (TPSA) is 93.4 Å². The molecule has 1 amide bonds. The van der Waals surface area contributed by atoms with Gasteiger partial charge in [-0.05, 0) is 16.8 Å². The molecule has 1 fully saturated rings. The maximum Gasteiger partial charge on any atom is 0.224 e. The Labute approximate surface area is 124 Å². The standard InChI is InChI=1S/C13H23N5O3/c1-12(2)8-17(7-5-13(12,20)9-21-3)11(19)4-6-18-10-14-15-16-18/h10,20H,4-9H2,1-3H3. The highest BCUT2D eigenvalue weighted by atomic mass is 16.5. The van der Waals surface area contributed by atoms with E-state index in [2.05, 4.69) is 15.5 Å². The average Bonchev–Trinajstić information content (AvgIpc) is 2.93. The molecule has 0 aromatic carbocycles. The third-order valence-corrected chi connectivity index (χ3v) is 4.32. The molecule has 1 aliphatic heterocycles. The number of amides is 1. The monoisotopic (exact) mass is 297 g/mol. The number of carbonyl (C=O) groups excluding carboxylic acids is 1. The first-order chi connectivity index (χ1) is 9.88. The number of methoxy groups -OCH3 is 1. The normalized spacial score (nSPS) is 25.0. The molecule has 2 heterocycles. The molecule has 8 nitrogen and oxygen atoms in total. The van der Waals surface area contributed by atoms with Crippen LogP contribution in [0.25, 0.3) is 0 Å². The third-order valence-electron chi connectivity index (χ3n) is 4.32. The van der Waals surface area contributed by atoms with Crippen LogP contribution >= 0.6 is 0 Å². The van der Waals surface area contributed by atoms with Gasteiger partial charge >= 0.3 is 0 Å². The second-order valence-corrected chi connectivity index (χ2v) is 6.24. The number of carbonyl (C=O) groups is 1. The van der Waals surface area contributed by atoms with Crippen LogP contribution in [0.4, 0.5) is 0 Å². The fraction of sp³-hybridized carbons (Fsp3) is 0.846. The zero-order valence-corrected chi connectivity index (χ0v) is 12.8. The maximum absolute atomic E-state index is 12.3. The summed E-state index contributed by atoms with van der Waals surface area (Å²) < 4.78 is 6.67. The Bertz CT molecular complexity index is 476. The Morgan fingerprint density at radius 3 is 2.81 bits per heavy atom. The van der Waals surface area contributed by atoms with Crippen molar-refractivity contribution < 1.29 is 14.6 Å². The smallest absolute Gasteiger partial charge is 0.224 e. The predicted octanol–water partition coefficient (Wildman–Crippen LogP) is -0.301. The number of aliphatic hydroxyl groups is 1. The van der Waals surface area contributed by atoms with Crippen LogP contribution in [0.3, 0.4) is 0 Å². The summed E-state index contributed by atoms with van der Waals surface area (Å²) in [6.45, 7) is 5.73. The summed E-state index contributed by atoms with van der Waals surface area (Å²) in [5.41, 5.74) is -1.31. The van der Waals surface area contributed by atoms with E-state index < -0.39 is 11.0 Å². The molecular weight excluding hydrogens is 274 g/mol. The number of likely N-dealkylation sites (tertiary alicyclic amines) is 1. The lowest BCUT2D eigenvalue weighted by molar-refractivity contribution is -0.163. The van der Waals surface area contributed by atoms with Gasteiger partial charge in [-0.3, -0.25) is 4.79 Å². The molecule has 1 N–H and O–H groups in total. The average molecular weight is 297 g/mol. The van der Waals surface area contributed by atoms with Crippen molar-refractivity contribution >= 4 is 5.91 Å². The number of aromatic nitrogens is 4. The van der Waals surface area contributed by atoms with E-state index in [1.807, 2.05) is 13.8 Å². The molecule has 1 saturated heterocycles. The molecule has 1 aromatic rings. The SMILES string of the molecule is COCC1(O)CCN(C(=O)CCn2cnnn2)CC1(C)C. The van der Waals surface area contributed by atoms with E-state index in [4.69, 9.17) is 4.74 Å². The van der Waals surface area contributed by atoms with E-state index in [0.29, 0.717) is 32.5 Å². The number of piperidine rings is 1. The fourth-order valence-corrected chi connectivity index (χ4v) is 2.73. The van der Waals surface area contributed by atoms with E-state index in [0.717, 1.165) is 0 Å². The highest BCUT2D eigenvalue weighted by Gasteiger charge is 2.48. The third kappa shape index (κ3) is 3.38. The molecule has 0 radical (unpaired) electrons. The van der Waals surface area contributed by atoms with E-state index >= 15 is 0 Å². The molecule has 21 heavy (non-hydrogen) atoms. The number of nitrogens with zero attached hydrogens (tertiary/aromatic N) is 5. The van der Waals surface area contributed by atoms with Crippen LogP contribution in [0.2, 0.25) is 0 Å². The number of aryl methyl sites for hydroxylation is 1. The summed E-state index contributed by atoms with van der Waals surface area (Å²) in [4.78, 5) is 14.1. The van der Waals surface area contributed by atoms with Gasteiger partial charge in [0.25, 0.3) is 0 Å². The zero-order chi connectivity index (χ0) is 15.5. The van der Waals surface area contributed by atoms with Gasteiger partial charge in [-0.25, -0.2) is 4.68 Å². The van der Waals surface area contributed by atoms with Gasteiger partial charge in [-0.2, -0.15) is 0 Å². The van der Waals surface area contributed by atoms with Gasteiger partial charge in [-0.1, -0.05) is 13.8 Å². The van der Waals surface area contributed by atoms with Crippen molar-refractivity contribution in [2.24, 2.45) is 5.41 Å².